The summed E-state index contributed by atoms with van der Waals surface area (Å²) in [7, 11) is -4.05. The summed E-state index contributed by atoms with van der Waals surface area (Å²) >= 11 is 0. The lowest BCUT2D eigenvalue weighted by Gasteiger charge is -2.38. The number of carbonyl (C=O) groups excluding carboxylic acids is 2. The van der Waals surface area contributed by atoms with Crippen molar-refractivity contribution in [2.75, 3.05) is 19.6 Å². The monoisotopic (exact) mass is 420 g/mol. The average molecular weight is 420 g/mol. The van der Waals surface area contributed by atoms with Gasteiger partial charge in [0.2, 0.25) is 15.9 Å². The van der Waals surface area contributed by atoms with E-state index in [1.54, 1.807) is 24.5 Å². The quantitative estimate of drug-likeness (QED) is 0.535. The molecule has 1 atom stereocenters. The van der Waals surface area contributed by atoms with Crippen LogP contribution in [0.2, 0.25) is 0 Å². The van der Waals surface area contributed by atoms with Crippen LogP contribution in [0.3, 0.4) is 0 Å². The van der Waals surface area contributed by atoms with Crippen LogP contribution in [0.1, 0.15) is 6.92 Å². The Bertz CT molecular complexity index is 981. The molecule has 3 rings (SSSR count). The van der Waals surface area contributed by atoms with Crippen molar-refractivity contribution in [3.8, 4) is 11.5 Å². The molecule has 1 aromatic carbocycles. The number of ether oxygens (including phenoxy) is 1. The summed E-state index contributed by atoms with van der Waals surface area (Å²) in [6, 6.07) is 7.83. The number of amides is 2. The molecule has 1 aliphatic rings. The fourth-order valence-corrected chi connectivity index (χ4v) is 4.56. The van der Waals surface area contributed by atoms with Crippen LogP contribution < -0.4 is 10.2 Å². The normalized spacial score (nSPS) is 17.6. The second kappa shape index (κ2) is 8.55. The Morgan fingerprint density at radius 3 is 2.31 bits per heavy atom. The van der Waals surface area contributed by atoms with Gasteiger partial charge in [-0.1, -0.05) is 0 Å². The lowest BCUT2D eigenvalue weighted by molar-refractivity contribution is -0.138. The van der Waals surface area contributed by atoms with Gasteiger partial charge in [-0.05, 0) is 36.4 Å². The summed E-state index contributed by atoms with van der Waals surface area (Å²) in [5.74, 6) is -0.204. The first kappa shape index (κ1) is 20.7. The Kier molecular flexibility index (Phi) is 6.11. The highest BCUT2D eigenvalue weighted by Gasteiger charge is 2.40. The minimum Gasteiger partial charge on any atom is -0.457 e. The Balaban J connectivity index is 1.83. The van der Waals surface area contributed by atoms with E-state index in [2.05, 4.69) is 4.98 Å². The number of carbonyl (C=O) groups is 2. The van der Waals surface area contributed by atoms with Crippen LogP contribution in [0.15, 0.2) is 53.7 Å². The van der Waals surface area contributed by atoms with Crippen molar-refractivity contribution in [2.45, 2.75) is 17.9 Å². The average Bonchev–Trinajstić information content (AvgIpc) is 2.73. The fourth-order valence-electron chi connectivity index (χ4n) is 2.99. The van der Waals surface area contributed by atoms with Crippen molar-refractivity contribution in [1.29, 1.82) is 0 Å². The fraction of sp³-hybridized carbons (Fsp3) is 0.278. The molecule has 0 spiro atoms. The van der Waals surface area contributed by atoms with Gasteiger partial charge in [-0.2, -0.15) is 4.31 Å². The maximum Gasteiger partial charge on any atom is 0.263 e. The number of piperazine rings is 1. The van der Waals surface area contributed by atoms with E-state index < -0.39 is 22.0 Å². The number of hydroxylamine groups is 1. The Labute approximate surface area is 167 Å². The standard InChI is InChI=1S/C18H20N4O6S/c1-13(23)21-10-11-22(17(12-21)18(24)20-25)29(26,27)16-4-2-14(3-5-16)28-15-6-8-19-9-7-15/h2-9,17,25H,10-12H2,1H3,(H,20,24). The van der Waals surface area contributed by atoms with Gasteiger partial charge < -0.3 is 9.64 Å². The summed E-state index contributed by atoms with van der Waals surface area (Å²) in [6.07, 6.45) is 3.14. The molecule has 2 amide bonds. The molecule has 0 radical (unpaired) electrons. The molecule has 2 N–H and O–H groups in total. The van der Waals surface area contributed by atoms with E-state index in [1.807, 2.05) is 0 Å². The highest BCUT2D eigenvalue weighted by atomic mass is 32.2. The van der Waals surface area contributed by atoms with E-state index in [4.69, 9.17) is 9.94 Å². The molecule has 1 fully saturated rings. The second-order valence-corrected chi connectivity index (χ2v) is 8.22. The van der Waals surface area contributed by atoms with E-state index in [1.165, 1.54) is 41.6 Å². The van der Waals surface area contributed by atoms with Crippen molar-refractivity contribution in [3.05, 3.63) is 48.8 Å². The van der Waals surface area contributed by atoms with Crippen LogP contribution in [0, 0.1) is 0 Å². The van der Waals surface area contributed by atoms with Gasteiger partial charge in [0, 0.05) is 39.0 Å². The predicted octanol–water partition coefficient (Wildman–Crippen LogP) is 0.601. The van der Waals surface area contributed by atoms with Crippen LogP contribution in [-0.2, 0) is 19.6 Å². The zero-order valence-corrected chi connectivity index (χ0v) is 16.4. The molecule has 2 aromatic rings. The van der Waals surface area contributed by atoms with Gasteiger partial charge in [0.25, 0.3) is 5.91 Å². The van der Waals surface area contributed by atoms with Crippen molar-refractivity contribution in [1.82, 2.24) is 19.7 Å². The molecule has 154 valence electrons. The van der Waals surface area contributed by atoms with Crippen LogP contribution >= 0.6 is 0 Å². The highest BCUT2D eigenvalue weighted by molar-refractivity contribution is 7.89. The third-order valence-electron chi connectivity index (χ3n) is 4.51. The molecule has 11 heteroatoms. The summed E-state index contributed by atoms with van der Waals surface area (Å²) in [5.41, 5.74) is 1.48. The summed E-state index contributed by atoms with van der Waals surface area (Å²) < 4.78 is 32.8. The largest absolute Gasteiger partial charge is 0.457 e. The zero-order chi connectivity index (χ0) is 21.0. The van der Waals surface area contributed by atoms with Crippen molar-refractivity contribution in [3.63, 3.8) is 0 Å². The molecule has 0 aliphatic carbocycles. The maximum atomic E-state index is 13.1. The van der Waals surface area contributed by atoms with Crippen LogP contribution in [0.25, 0.3) is 0 Å². The van der Waals surface area contributed by atoms with Crippen molar-refractivity contribution in [2.24, 2.45) is 0 Å². The molecule has 0 saturated carbocycles. The van der Waals surface area contributed by atoms with Crippen molar-refractivity contribution < 1.29 is 28.0 Å². The first-order valence-electron chi connectivity index (χ1n) is 8.72. The van der Waals surface area contributed by atoms with Gasteiger partial charge in [-0.3, -0.25) is 19.8 Å². The molecule has 1 saturated heterocycles. The molecule has 10 nitrogen and oxygen atoms in total. The number of benzene rings is 1. The van der Waals surface area contributed by atoms with E-state index in [-0.39, 0.29) is 30.4 Å². The number of hydrogen-bond acceptors (Lipinski definition) is 7. The SMILES string of the molecule is CC(=O)N1CCN(S(=O)(=O)c2ccc(Oc3ccncc3)cc2)C(C(=O)NO)C1. The summed E-state index contributed by atoms with van der Waals surface area (Å²) in [4.78, 5) is 28.9. The number of pyridine rings is 1. The Morgan fingerprint density at radius 1 is 1.10 bits per heavy atom. The highest BCUT2D eigenvalue weighted by Crippen LogP contribution is 2.26. The first-order valence-corrected chi connectivity index (χ1v) is 10.2. The number of nitrogens with one attached hydrogen (secondary N) is 1. The van der Waals surface area contributed by atoms with Crippen LogP contribution in [0.4, 0.5) is 0 Å². The maximum absolute atomic E-state index is 13.1. The molecular formula is C18H20N4O6S. The second-order valence-electron chi connectivity index (χ2n) is 6.33. The number of aromatic nitrogens is 1. The van der Waals surface area contributed by atoms with Gasteiger partial charge in [-0.25, -0.2) is 13.9 Å². The van der Waals surface area contributed by atoms with Gasteiger partial charge in [-0.15, -0.1) is 0 Å². The van der Waals surface area contributed by atoms with Crippen molar-refractivity contribution >= 4 is 21.8 Å². The van der Waals surface area contributed by atoms with E-state index in [0.717, 1.165) is 4.31 Å². The van der Waals surface area contributed by atoms with E-state index in [0.29, 0.717) is 11.5 Å². The molecule has 1 unspecified atom stereocenters. The predicted molar refractivity (Wildman–Crippen MR) is 101 cm³/mol. The molecule has 1 aliphatic heterocycles. The van der Waals surface area contributed by atoms with Crippen LogP contribution in [0.5, 0.6) is 11.5 Å². The van der Waals surface area contributed by atoms with Gasteiger partial charge in [0.05, 0.1) is 4.90 Å². The molecule has 1 aromatic heterocycles. The number of nitrogens with zero attached hydrogens (tertiary/aromatic N) is 3. The number of sulfonamides is 1. The Morgan fingerprint density at radius 2 is 1.72 bits per heavy atom. The Hall–Kier alpha value is -3.02. The lowest BCUT2D eigenvalue weighted by Crippen LogP contribution is -2.60. The summed E-state index contributed by atoms with van der Waals surface area (Å²) in [6.45, 7) is 1.26. The topological polar surface area (TPSA) is 129 Å². The van der Waals surface area contributed by atoms with E-state index in [9.17, 15) is 18.0 Å². The van der Waals surface area contributed by atoms with Gasteiger partial charge >= 0.3 is 0 Å². The zero-order valence-electron chi connectivity index (χ0n) is 15.6. The summed E-state index contributed by atoms with van der Waals surface area (Å²) in [5, 5.41) is 9.00. The molecule has 29 heavy (non-hydrogen) atoms. The third kappa shape index (κ3) is 4.53. The number of rotatable bonds is 5. The lowest BCUT2D eigenvalue weighted by atomic mass is 10.2. The first-order chi connectivity index (χ1) is 13.8. The van der Waals surface area contributed by atoms with Gasteiger partial charge in [0.15, 0.2) is 0 Å². The van der Waals surface area contributed by atoms with Crippen LogP contribution in [-0.4, -0.2) is 65.3 Å². The minimum absolute atomic E-state index is 0.0356. The molecule has 0 bridgehead atoms. The molecular weight excluding hydrogens is 400 g/mol. The number of hydrogen-bond donors (Lipinski definition) is 2. The minimum atomic E-state index is -4.05. The molecule has 2 heterocycles. The third-order valence-corrected chi connectivity index (χ3v) is 6.43. The van der Waals surface area contributed by atoms with E-state index >= 15 is 0 Å². The smallest absolute Gasteiger partial charge is 0.263 e. The van der Waals surface area contributed by atoms with Gasteiger partial charge in [0.1, 0.15) is 17.5 Å².